The summed E-state index contributed by atoms with van der Waals surface area (Å²) in [5.74, 6) is 2.26. The van der Waals surface area contributed by atoms with Gasteiger partial charge < -0.3 is 20.1 Å². The van der Waals surface area contributed by atoms with Crippen LogP contribution in [0, 0.1) is 5.92 Å². The second-order valence-electron chi connectivity index (χ2n) is 14.5. The first-order chi connectivity index (χ1) is 24.7. The average molecular weight is 725 g/mol. The number of nitrogens with zero attached hydrogens (tertiary/aromatic N) is 1. The zero-order chi connectivity index (χ0) is 35.4. The highest BCUT2D eigenvalue weighted by Crippen LogP contribution is 2.49. The van der Waals surface area contributed by atoms with Crippen molar-refractivity contribution < 1.29 is 19.1 Å². The molecule has 2 N–H and O–H groups in total. The van der Waals surface area contributed by atoms with Crippen molar-refractivity contribution in [2.24, 2.45) is 5.92 Å². The number of methoxy groups -OCH3 is 2. The number of carbonyl (C=O) groups is 2. The Morgan fingerprint density at radius 2 is 1.37 bits per heavy atom. The molecule has 3 atom stereocenters. The largest absolute Gasteiger partial charge is 0.496 e. The van der Waals surface area contributed by atoms with Gasteiger partial charge in [0, 0.05) is 83.5 Å². The van der Waals surface area contributed by atoms with Crippen molar-refractivity contribution in [2.75, 3.05) is 33.9 Å². The van der Waals surface area contributed by atoms with Gasteiger partial charge in [0.05, 0.1) is 24.3 Å². The van der Waals surface area contributed by atoms with Crippen molar-refractivity contribution in [3.8, 4) is 44.9 Å². The van der Waals surface area contributed by atoms with E-state index < -0.39 is 0 Å². The molecule has 51 heavy (non-hydrogen) atoms. The molecule has 2 saturated heterocycles. The number of hydrogen-bond acceptors (Lipinski definition) is 6. The normalized spacial score (nSPS) is 21.3. The number of benzene rings is 4. The van der Waals surface area contributed by atoms with Crippen LogP contribution in [0.5, 0.6) is 11.5 Å². The summed E-state index contributed by atoms with van der Waals surface area (Å²) in [5, 5.41) is 8.01. The van der Waals surface area contributed by atoms with E-state index >= 15 is 0 Å². The first-order valence-corrected chi connectivity index (χ1v) is 18.8. The Morgan fingerprint density at radius 3 is 1.94 bits per heavy atom. The molecule has 2 fully saturated rings. The lowest BCUT2D eigenvalue weighted by Crippen LogP contribution is -2.50. The highest BCUT2D eigenvalue weighted by atomic mass is 35.5. The molecule has 264 valence electrons. The Balaban J connectivity index is 1.09. The fourth-order valence-corrected chi connectivity index (χ4v) is 9.39. The molecule has 7 nitrogen and oxygen atoms in total. The summed E-state index contributed by atoms with van der Waals surface area (Å²) in [7, 11) is 3.45. The lowest BCUT2D eigenvalue weighted by atomic mass is 9.91. The molecule has 0 spiro atoms. The Bertz CT molecular complexity index is 2040. The van der Waals surface area contributed by atoms with E-state index in [1.165, 1.54) is 22.3 Å². The van der Waals surface area contributed by atoms with E-state index in [0.717, 1.165) is 96.6 Å². The predicted octanol–water partition coefficient (Wildman–Crippen LogP) is 8.38. The zero-order valence-corrected chi connectivity index (χ0v) is 30.8. The van der Waals surface area contributed by atoms with Gasteiger partial charge in [0.25, 0.3) is 0 Å². The molecule has 0 saturated carbocycles. The van der Waals surface area contributed by atoms with Crippen LogP contribution in [-0.2, 0) is 22.4 Å². The van der Waals surface area contributed by atoms with Gasteiger partial charge in [0.15, 0.2) is 0 Å². The van der Waals surface area contributed by atoms with Crippen LogP contribution in [0.4, 0.5) is 0 Å². The summed E-state index contributed by atoms with van der Waals surface area (Å²) >= 11 is 14.6. The third kappa shape index (κ3) is 6.22. The van der Waals surface area contributed by atoms with Crippen molar-refractivity contribution in [2.45, 2.75) is 63.6 Å². The number of hydrogen-bond donors (Lipinski definition) is 2. The van der Waals surface area contributed by atoms with E-state index in [4.69, 9.17) is 32.7 Å². The van der Waals surface area contributed by atoms with Gasteiger partial charge in [-0.1, -0.05) is 71.7 Å². The van der Waals surface area contributed by atoms with E-state index in [2.05, 4.69) is 51.9 Å². The molecule has 2 heterocycles. The molecule has 9 heteroatoms. The van der Waals surface area contributed by atoms with Gasteiger partial charge in [-0.2, -0.15) is 0 Å². The molecule has 4 aromatic rings. The number of fused-ring (bicyclic) bond motifs is 2. The third-order valence-electron chi connectivity index (χ3n) is 11.5. The number of ketones is 1. The fourth-order valence-electron chi connectivity index (χ4n) is 8.72. The molecule has 8 rings (SSSR count). The van der Waals surface area contributed by atoms with Crippen molar-refractivity contribution >= 4 is 34.9 Å². The topological polar surface area (TPSA) is 79.9 Å². The predicted molar refractivity (Wildman–Crippen MR) is 203 cm³/mol. The minimum Gasteiger partial charge on any atom is -0.496 e. The summed E-state index contributed by atoms with van der Waals surface area (Å²) in [4.78, 5) is 26.0. The molecule has 1 amide bonds. The number of ether oxygens (including phenoxy) is 2. The number of rotatable bonds is 10. The van der Waals surface area contributed by atoms with Crippen LogP contribution in [0.3, 0.4) is 0 Å². The van der Waals surface area contributed by atoms with Crippen LogP contribution in [0.2, 0.25) is 10.0 Å². The Hall–Kier alpha value is -3.88. The van der Waals surface area contributed by atoms with Crippen molar-refractivity contribution in [1.29, 1.82) is 0 Å². The van der Waals surface area contributed by atoms with Gasteiger partial charge in [-0.25, -0.2) is 0 Å². The van der Waals surface area contributed by atoms with Crippen LogP contribution in [0.25, 0.3) is 33.4 Å². The second-order valence-corrected chi connectivity index (χ2v) is 15.2. The maximum atomic E-state index is 11.9. The monoisotopic (exact) mass is 723 g/mol. The smallest absolute Gasteiger partial charge is 0.220 e. The summed E-state index contributed by atoms with van der Waals surface area (Å²) in [5.41, 5.74) is 10.5. The molecule has 0 aromatic heterocycles. The molecule has 4 aliphatic rings. The minimum absolute atomic E-state index is 0.133. The van der Waals surface area contributed by atoms with Crippen LogP contribution >= 0.6 is 23.2 Å². The van der Waals surface area contributed by atoms with E-state index in [0.29, 0.717) is 16.5 Å². The van der Waals surface area contributed by atoms with Gasteiger partial charge in [-0.3, -0.25) is 14.5 Å². The summed E-state index contributed by atoms with van der Waals surface area (Å²) < 4.78 is 12.0. The lowest BCUT2D eigenvalue weighted by molar-refractivity contribution is -0.127. The fraction of sp³-hybridized carbons (Fsp3) is 0.381. The third-order valence-corrected chi connectivity index (χ3v) is 12.3. The van der Waals surface area contributed by atoms with Crippen molar-refractivity contribution in [1.82, 2.24) is 15.5 Å². The summed E-state index contributed by atoms with van der Waals surface area (Å²) in [6.07, 6.45) is 5.34. The van der Waals surface area contributed by atoms with Gasteiger partial charge in [0.1, 0.15) is 17.3 Å². The number of carbonyl (C=O) groups excluding carboxylic acids is 2. The molecule has 0 bridgehead atoms. The quantitative estimate of drug-likeness (QED) is 0.171. The molecule has 0 radical (unpaired) electrons. The van der Waals surface area contributed by atoms with Crippen LogP contribution in [0.1, 0.15) is 66.9 Å². The van der Waals surface area contributed by atoms with Crippen LogP contribution in [-0.4, -0.2) is 56.5 Å². The van der Waals surface area contributed by atoms with Crippen LogP contribution < -0.4 is 20.1 Å². The molecular formula is C42H43Cl2N3O4. The standard InChI is InChI=1S/C42H43Cl2N3O4/c1-23(48)28-21-47(22-28)35-14-11-25-17-27(19-37(51-3)40(25)35)31-7-5-9-33(42(31)44)32-8-4-6-30(41(32)43)26-16-24-10-13-34(39(24)36(18-26)50-2)45-20-29-12-15-38(49)46-29/h4-9,16-19,28-29,34-35,45H,10-15,20-22H2,1-3H3,(H,46,49). The maximum absolute atomic E-state index is 11.9. The second kappa shape index (κ2) is 13.9. The first kappa shape index (κ1) is 34.2. The maximum Gasteiger partial charge on any atom is 0.220 e. The minimum atomic E-state index is 0.133. The molecule has 2 aliphatic heterocycles. The summed E-state index contributed by atoms with van der Waals surface area (Å²) in [6, 6.07) is 21.5. The number of Topliss-reactive ketones (excluding diaryl/α,β-unsaturated/α-hetero) is 1. The number of halogens is 2. The molecule has 3 unspecified atom stereocenters. The van der Waals surface area contributed by atoms with Gasteiger partial charge in [0.2, 0.25) is 5.91 Å². The van der Waals surface area contributed by atoms with E-state index in [1.54, 1.807) is 21.1 Å². The molecular weight excluding hydrogens is 681 g/mol. The van der Waals surface area contributed by atoms with Crippen LogP contribution in [0.15, 0.2) is 60.7 Å². The Labute approximate surface area is 309 Å². The SMILES string of the molecule is COc1cc(-c2cccc(-c3cccc(-c4cc5c(c(OC)c4)C(N4CC(C(C)=O)C4)CC5)c3Cl)c2Cl)cc2c1C(NCC1CCC(=O)N1)CC2. The highest BCUT2D eigenvalue weighted by molar-refractivity contribution is 6.39. The Kier molecular flexibility index (Phi) is 9.34. The van der Waals surface area contributed by atoms with E-state index in [1.807, 2.05) is 24.3 Å². The Morgan fingerprint density at radius 1 is 0.804 bits per heavy atom. The summed E-state index contributed by atoms with van der Waals surface area (Å²) in [6.45, 7) is 4.07. The highest BCUT2D eigenvalue weighted by Gasteiger charge is 2.40. The molecule has 2 aliphatic carbocycles. The zero-order valence-electron chi connectivity index (χ0n) is 29.3. The number of amides is 1. The van der Waals surface area contributed by atoms with Crippen molar-refractivity contribution in [3.05, 3.63) is 93.0 Å². The first-order valence-electron chi connectivity index (χ1n) is 18.0. The number of aryl methyl sites for hydroxylation is 2. The van der Waals surface area contributed by atoms with E-state index in [-0.39, 0.29) is 35.7 Å². The number of likely N-dealkylation sites (tertiary alicyclic amines) is 1. The molecule has 4 aromatic carbocycles. The average Bonchev–Trinajstić information content (AvgIpc) is 3.84. The van der Waals surface area contributed by atoms with Gasteiger partial charge in [-0.15, -0.1) is 0 Å². The van der Waals surface area contributed by atoms with Crippen molar-refractivity contribution in [3.63, 3.8) is 0 Å². The lowest BCUT2D eigenvalue weighted by Gasteiger charge is -2.42. The number of nitrogens with one attached hydrogen (secondary N) is 2. The van der Waals surface area contributed by atoms with E-state index in [9.17, 15) is 9.59 Å². The van der Waals surface area contributed by atoms with Gasteiger partial charge in [-0.05, 0) is 73.4 Å². The van der Waals surface area contributed by atoms with Gasteiger partial charge >= 0.3 is 0 Å².